The molecule has 1 amide bonds. The SMILES string of the molecule is CCN1C(=O)COc2cc(-c3ccc4nnc(Cc5ccc6ncccc6c5)n4n3)ccc21. The van der Waals surface area contributed by atoms with Crippen LogP contribution >= 0.6 is 0 Å². The number of hydrogen-bond acceptors (Lipinski definition) is 6. The molecule has 5 aromatic rings. The number of fused-ring (bicyclic) bond motifs is 3. The number of amides is 1. The van der Waals surface area contributed by atoms with Crippen LogP contribution in [-0.4, -0.2) is 43.9 Å². The molecule has 1 aliphatic heterocycles. The summed E-state index contributed by atoms with van der Waals surface area (Å²) in [5, 5.41) is 14.6. The average molecular weight is 436 g/mol. The molecule has 8 nitrogen and oxygen atoms in total. The lowest BCUT2D eigenvalue weighted by molar-refractivity contribution is -0.121. The third-order valence-electron chi connectivity index (χ3n) is 5.87. The van der Waals surface area contributed by atoms with Crippen LogP contribution in [0.5, 0.6) is 5.75 Å². The van der Waals surface area contributed by atoms with Crippen LogP contribution in [0, 0.1) is 0 Å². The molecule has 0 bridgehead atoms. The molecule has 1 aliphatic rings. The van der Waals surface area contributed by atoms with E-state index in [0.29, 0.717) is 24.4 Å². The van der Waals surface area contributed by atoms with Gasteiger partial charge in [0.1, 0.15) is 5.75 Å². The van der Waals surface area contributed by atoms with Crippen LogP contribution in [0.4, 0.5) is 5.69 Å². The quantitative estimate of drug-likeness (QED) is 0.427. The predicted octanol–water partition coefficient (Wildman–Crippen LogP) is 3.68. The first-order valence-corrected chi connectivity index (χ1v) is 10.8. The van der Waals surface area contributed by atoms with Crippen molar-refractivity contribution >= 4 is 28.1 Å². The summed E-state index contributed by atoms with van der Waals surface area (Å²) >= 11 is 0. The highest BCUT2D eigenvalue weighted by Gasteiger charge is 2.24. The van der Waals surface area contributed by atoms with E-state index in [4.69, 9.17) is 9.84 Å². The molecule has 0 aliphatic carbocycles. The maximum absolute atomic E-state index is 12.1. The molecule has 6 rings (SSSR count). The number of carbonyl (C=O) groups is 1. The van der Waals surface area contributed by atoms with Crippen molar-refractivity contribution < 1.29 is 9.53 Å². The molecule has 3 aromatic heterocycles. The van der Waals surface area contributed by atoms with Crippen LogP contribution in [0.3, 0.4) is 0 Å². The zero-order chi connectivity index (χ0) is 22.4. The van der Waals surface area contributed by atoms with E-state index in [1.807, 2.05) is 49.4 Å². The first-order chi connectivity index (χ1) is 16.2. The number of carbonyl (C=O) groups excluding carboxylic acids is 1. The standard InChI is InChI=1S/C25H20N6O2/c1-2-30-21-9-6-18(14-22(21)33-15-25(30)32)20-8-10-23-27-28-24(31(23)29-20)13-16-5-7-19-17(12-16)4-3-11-26-19/h3-12,14H,2,13,15H2,1H3. The lowest BCUT2D eigenvalue weighted by Crippen LogP contribution is -2.38. The largest absolute Gasteiger partial charge is 0.482 e. The maximum Gasteiger partial charge on any atom is 0.265 e. The molecule has 0 fully saturated rings. The number of anilines is 1. The molecule has 0 atom stereocenters. The number of ether oxygens (including phenoxy) is 1. The number of hydrogen-bond donors (Lipinski definition) is 0. The van der Waals surface area contributed by atoms with Crippen molar-refractivity contribution in [3.05, 3.63) is 78.2 Å². The molecule has 0 spiro atoms. The van der Waals surface area contributed by atoms with Crippen molar-refractivity contribution in [2.75, 3.05) is 18.1 Å². The van der Waals surface area contributed by atoms with Crippen LogP contribution in [0.2, 0.25) is 0 Å². The first kappa shape index (κ1) is 19.4. The normalized spacial score (nSPS) is 13.4. The Morgan fingerprint density at radius 1 is 1.03 bits per heavy atom. The van der Waals surface area contributed by atoms with Crippen molar-refractivity contribution in [3.8, 4) is 17.0 Å². The zero-order valence-electron chi connectivity index (χ0n) is 18.0. The second-order valence-corrected chi connectivity index (χ2v) is 7.92. The minimum atomic E-state index is -0.0316. The van der Waals surface area contributed by atoms with Crippen LogP contribution in [0.1, 0.15) is 18.3 Å². The Hall–Kier alpha value is -4.33. The summed E-state index contributed by atoms with van der Waals surface area (Å²) in [5.74, 6) is 1.41. The fraction of sp³-hybridized carbons (Fsp3) is 0.160. The second kappa shape index (κ2) is 7.67. The van der Waals surface area contributed by atoms with Gasteiger partial charge in [0, 0.05) is 30.1 Å². The van der Waals surface area contributed by atoms with Crippen LogP contribution < -0.4 is 9.64 Å². The number of likely N-dealkylation sites (N-methyl/N-ethyl adjacent to an activating group) is 1. The third kappa shape index (κ3) is 3.36. The third-order valence-corrected chi connectivity index (χ3v) is 5.87. The lowest BCUT2D eigenvalue weighted by Gasteiger charge is -2.28. The van der Waals surface area contributed by atoms with E-state index < -0.39 is 0 Å². The smallest absolute Gasteiger partial charge is 0.265 e. The number of benzene rings is 2. The van der Waals surface area contributed by atoms with Gasteiger partial charge in [0.05, 0.1) is 16.9 Å². The Labute approximate surface area is 189 Å². The summed E-state index contributed by atoms with van der Waals surface area (Å²) in [6.45, 7) is 2.61. The van der Waals surface area contributed by atoms with Gasteiger partial charge in [-0.1, -0.05) is 18.2 Å². The van der Waals surface area contributed by atoms with E-state index in [0.717, 1.165) is 39.2 Å². The van der Waals surface area contributed by atoms with Crippen molar-refractivity contribution in [2.45, 2.75) is 13.3 Å². The Balaban J connectivity index is 1.36. The number of pyridine rings is 1. The molecule has 0 saturated heterocycles. The van der Waals surface area contributed by atoms with Gasteiger partial charge in [0.2, 0.25) is 0 Å². The molecule has 2 aromatic carbocycles. The van der Waals surface area contributed by atoms with Gasteiger partial charge >= 0.3 is 0 Å². The van der Waals surface area contributed by atoms with Gasteiger partial charge in [-0.2, -0.15) is 9.61 Å². The summed E-state index contributed by atoms with van der Waals surface area (Å²) in [4.78, 5) is 18.2. The van der Waals surface area contributed by atoms with Crippen molar-refractivity contribution in [2.24, 2.45) is 0 Å². The molecule has 162 valence electrons. The number of rotatable bonds is 4. The molecule has 8 heteroatoms. The van der Waals surface area contributed by atoms with Gasteiger partial charge in [0.15, 0.2) is 18.1 Å². The highest BCUT2D eigenvalue weighted by molar-refractivity contribution is 5.98. The molecule has 0 unspecified atom stereocenters. The fourth-order valence-electron chi connectivity index (χ4n) is 4.23. The fourth-order valence-corrected chi connectivity index (χ4v) is 4.23. The summed E-state index contributed by atoms with van der Waals surface area (Å²) < 4.78 is 7.47. The van der Waals surface area contributed by atoms with Crippen molar-refractivity contribution in [1.29, 1.82) is 0 Å². The molecule has 4 heterocycles. The van der Waals surface area contributed by atoms with Gasteiger partial charge in [0.25, 0.3) is 5.91 Å². The minimum Gasteiger partial charge on any atom is -0.482 e. The number of nitrogens with zero attached hydrogens (tertiary/aromatic N) is 6. The summed E-state index contributed by atoms with van der Waals surface area (Å²) in [5.41, 5.74) is 5.23. The molecule has 0 saturated carbocycles. The molecular weight excluding hydrogens is 416 g/mol. The first-order valence-electron chi connectivity index (χ1n) is 10.8. The highest BCUT2D eigenvalue weighted by atomic mass is 16.5. The van der Waals surface area contributed by atoms with E-state index in [1.54, 1.807) is 15.6 Å². The number of aromatic nitrogens is 5. The van der Waals surface area contributed by atoms with Crippen molar-refractivity contribution in [3.63, 3.8) is 0 Å². The summed E-state index contributed by atoms with van der Waals surface area (Å²) in [6, 6.07) is 19.8. The van der Waals surface area contributed by atoms with Gasteiger partial charge < -0.3 is 9.64 Å². The highest BCUT2D eigenvalue weighted by Crippen LogP contribution is 2.35. The van der Waals surface area contributed by atoms with Gasteiger partial charge in [-0.25, -0.2) is 0 Å². The van der Waals surface area contributed by atoms with Crippen LogP contribution in [0.15, 0.2) is 66.9 Å². The molecule has 0 N–H and O–H groups in total. The van der Waals surface area contributed by atoms with Crippen LogP contribution in [-0.2, 0) is 11.2 Å². The average Bonchev–Trinajstić information content (AvgIpc) is 3.25. The van der Waals surface area contributed by atoms with Crippen LogP contribution in [0.25, 0.3) is 27.8 Å². The van der Waals surface area contributed by atoms with E-state index in [-0.39, 0.29) is 12.5 Å². The molecular formula is C25H20N6O2. The Kier molecular flexibility index (Phi) is 4.50. The molecule has 33 heavy (non-hydrogen) atoms. The van der Waals surface area contributed by atoms with Gasteiger partial charge in [-0.3, -0.25) is 9.78 Å². The summed E-state index contributed by atoms with van der Waals surface area (Å²) in [6.07, 6.45) is 2.40. The van der Waals surface area contributed by atoms with Gasteiger partial charge in [-0.05, 0) is 55.0 Å². The van der Waals surface area contributed by atoms with E-state index in [9.17, 15) is 4.79 Å². The predicted molar refractivity (Wildman–Crippen MR) is 124 cm³/mol. The van der Waals surface area contributed by atoms with E-state index >= 15 is 0 Å². The van der Waals surface area contributed by atoms with Gasteiger partial charge in [-0.15, -0.1) is 10.2 Å². The lowest BCUT2D eigenvalue weighted by atomic mass is 10.1. The molecule has 0 radical (unpaired) electrons. The monoisotopic (exact) mass is 436 g/mol. The van der Waals surface area contributed by atoms with Crippen molar-refractivity contribution in [1.82, 2.24) is 24.8 Å². The second-order valence-electron chi connectivity index (χ2n) is 7.92. The maximum atomic E-state index is 12.1. The summed E-state index contributed by atoms with van der Waals surface area (Å²) in [7, 11) is 0. The Bertz CT molecular complexity index is 1530. The topological polar surface area (TPSA) is 85.5 Å². The van der Waals surface area contributed by atoms with E-state index in [2.05, 4.69) is 33.4 Å². The Morgan fingerprint density at radius 3 is 2.88 bits per heavy atom. The zero-order valence-corrected chi connectivity index (χ0v) is 18.0. The van der Waals surface area contributed by atoms with E-state index in [1.165, 1.54) is 0 Å². The minimum absolute atomic E-state index is 0.0316. The Morgan fingerprint density at radius 2 is 1.97 bits per heavy atom.